The van der Waals surface area contributed by atoms with E-state index in [-0.39, 0.29) is 0 Å². The number of nitrogens with two attached hydrogens (primary N) is 1. The molecule has 2 N–H and O–H groups in total. The van der Waals surface area contributed by atoms with Crippen molar-refractivity contribution in [1.82, 2.24) is 0 Å². The summed E-state index contributed by atoms with van der Waals surface area (Å²) in [6, 6.07) is 0. The third-order valence-corrected chi connectivity index (χ3v) is 2.69. The molecule has 1 nitrogen and oxygen atoms in total. The van der Waals surface area contributed by atoms with Gasteiger partial charge in [0.15, 0.2) is 0 Å². The fourth-order valence-electron chi connectivity index (χ4n) is 1.13. The van der Waals surface area contributed by atoms with E-state index in [4.69, 9.17) is 5.73 Å². The third kappa shape index (κ3) is 12.0. The molecule has 0 rings (SSSR count). The highest BCUT2D eigenvalue weighted by Crippen LogP contribution is 2.30. The lowest BCUT2D eigenvalue weighted by Crippen LogP contribution is -2.15. The van der Waals surface area contributed by atoms with Crippen LogP contribution in [0.2, 0.25) is 0 Å². The first-order valence-electron chi connectivity index (χ1n) is 6.38. The van der Waals surface area contributed by atoms with Crippen molar-refractivity contribution in [3.8, 4) is 0 Å². The van der Waals surface area contributed by atoms with Crippen LogP contribution in [0, 0.1) is 5.41 Å². The fourth-order valence-corrected chi connectivity index (χ4v) is 1.13. The van der Waals surface area contributed by atoms with Gasteiger partial charge in [-0.05, 0) is 24.8 Å². The van der Waals surface area contributed by atoms with Gasteiger partial charge >= 0.3 is 0 Å². The largest absolute Gasteiger partial charge is 0.330 e. The molecular formula is C13H33N. The maximum atomic E-state index is 5.45. The molecule has 0 aromatic heterocycles. The van der Waals surface area contributed by atoms with Crippen molar-refractivity contribution in [3.05, 3.63) is 0 Å². The van der Waals surface area contributed by atoms with Crippen molar-refractivity contribution in [3.63, 3.8) is 0 Å². The SMILES string of the molecule is CC.CC.CCC(C)(CC)CCCN. The van der Waals surface area contributed by atoms with E-state index in [1.54, 1.807) is 0 Å². The third-order valence-electron chi connectivity index (χ3n) is 2.69. The summed E-state index contributed by atoms with van der Waals surface area (Å²) < 4.78 is 0. The van der Waals surface area contributed by atoms with E-state index >= 15 is 0 Å². The van der Waals surface area contributed by atoms with Crippen molar-refractivity contribution >= 4 is 0 Å². The number of hydrogen-bond donors (Lipinski definition) is 1. The molecule has 0 amide bonds. The van der Waals surface area contributed by atoms with Gasteiger partial charge in [0.05, 0.1) is 0 Å². The molecule has 0 bridgehead atoms. The first-order chi connectivity index (χ1) is 6.68. The molecule has 0 fully saturated rings. The summed E-state index contributed by atoms with van der Waals surface area (Å²) in [6.45, 7) is 15.7. The van der Waals surface area contributed by atoms with E-state index in [1.165, 1.54) is 25.7 Å². The molecule has 0 aromatic carbocycles. The van der Waals surface area contributed by atoms with Crippen LogP contribution in [0.5, 0.6) is 0 Å². The minimum absolute atomic E-state index is 0.555. The molecule has 0 atom stereocenters. The van der Waals surface area contributed by atoms with Crippen LogP contribution in [0.4, 0.5) is 0 Å². The second-order valence-corrected chi connectivity index (χ2v) is 3.41. The first kappa shape index (κ1) is 19.5. The number of hydrogen-bond acceptors (Lipinski definition) is 1. The zero-order chi connectivity index (χ0) is 12.0. The van der Waals surface area contributed by atoms with Gasteiger partial charge in [-0.25, -0.2) is 0 Å². The highest BCUT2D eigenvalue weighted by Gasteiger charge is 2.17. The summed E-state index contributed by atoms with van der Waals surface area (Å²) in [4.78, 5) is 0. The Morgan fingerprint density at radius 3 is 1.50 bits per heavy atom. The van der Waals surface area contributed by atoms with Gasteiger partial charge in [0.25, 0.3) is 0 Å². The van der Waals surface area contributed by atoms with Gasteiger partial charge in [0.2, 0.25) is 0 Å². The quantitative estimate of drug-likeness (QED) is 0.694. The maximum Gasteiger partial charge on any atom is -0.00771 e. The Bertz CT molecular complexity index is 75.3. The van der Waals surface area contributed by atoms with Crippen LogP contribution in [-0.4, -0.2) is 6.54 Å². The number of rotatable bonds is 5. The summed E-state index contributed by atoms with van der Waals surface area (Å²) in [5.74, 6) is 0. The molecule has 1 heteroatoms. The summed E-state index contributed by atoms with van der Waals surface area (Å²) in [5, 5.41) is 0. The fraction of sp³-hybridized carbons (Fsp3) is 1.00. The van der Waals surface area contributed by atoms with Gasteiger partial charge < -0.3 is 5.73 Å². The lowest BCUT2D eigenvalue weighted by atomic mass is 9.80. The molecule has 14 heavy (non-hydrogen) atoms. The Morgan fingerprint density at radius 2 is 1.29 bits per heavy atom. The zero-order valence-corrected chi connectivity index (χ0v) is 11.6. The monoisotopic (exact) mass is 203 g/mol. The van der Waals surface area contributed by atoms with E-state index in [1.807, 2.05) is 27.7 Å². The van der Waals surface area contributed by atoms with E-state index in [0.29, 0.717) is 5.41 Å². The second kappa shape index (κ2) is 15.4. The topological polar surface area (TPSA) is 26.0 Å². The predicted molar refractivity (Wildman–Crippen MR) is 69.7 cm³/mol. The molecular weight excluding hydrogens is 170 g/mol. The van der Waals surface area contributed by atoms with Crippen molar-refractivity contribution < 1.29 is 0 Å². The molecule has 0 saturated heterocycles. The zero-order valence-electron chi connectivity index (χ0n) is 11.6. The Hall–Kier alpha value is -0.0400. The molecule has 90 valence electrons. The normalized spacial score (nSPS) is 9.43. The first-order valence-corrected chi connectivity index (χ1v) is 6.38. The molecule has 0 heterocycles. The van der Waals surface area contributed by atoms with Gasteiger partial charge in [0.1, 0.15) is 0 Å². The summed E-state index contributed by atoms with van der Waals surface area (Å²) in [7, 11) is 0. The summed E-state index contributed by atoms with van der Waals surface area (Å²) >= 11 is 0. The minimum Gasteiger partial charge on any atom is -0.330 e. The molecule has 0 aromatic rings. The average Bonchev–Trinajstić information content (AvgIpc) is 2.31. The van der Waals surface area contributed by atoms with Crippen molar-refractivity contribution in [1.29, 1.82) is 0 Å². The molecule has 0 aliphatic carbocycles. The highest BCUT2D eigenvalue weighted by atomic mass is 14.5. The van der Waals surface area contributed by atoms with Crippen LogP contribution in [0.15, 0.2) is 0 Å². The van der Waals surface area contributed by atoms with E-state index in [0.717, 1.165) is 6.54 Å². The summed E-state index contributed by atoms with van der Waals surface area (Å²) in [6.07, 6.45) is 5.03. The smallest absolute Gasteiger partial charge is 0.00771 e. The maximum absolute atomic E-state index is 5.45. The predicted octanol–water partition coefficient (Wildman–Crippen LogP) is 4.60. The Kier molecular flexibility index (Phi) is 21.5. The van der Waals surface area contributed by atoms with Crippen LogP contribution < -0.4 is 5.73 Å². The van der Waals surface area contributed by atoms with E-state index in [9.17, 15) is 0 Å². The van der Waals surface area contributed by atoms with Gasteiger partial charge in [-0.1, -0.05) is 61.3 Å². The van der Waals surface area contributed by atoms with Crippen molar-refractivity contribution in [2.75, 3.05) is 6.54 Å². The van der Waals surface area contributed by atoms with Crippen LogP contribution in [0.3, 0.4) is 0 Å². The van der Waals surface area contributed by atoms with Crippen LogP contribution >= 0.6 is 0 Å². The molecule has 0 radical (unpaired) electrons. The van der Waals surface area contributed by atoms with E-state index in [2.05, 4.69) is 20.8 Å². The highest BCUT2D eigenvalue weighted by molar-refractivity contribution is 4.70. The molecule has 0 spiro atoms. The van der Waals surface area contributed by atoms with Crippen LogP contribution in [0.1, 0.15) is 74.1 Å². The van der Waals surface area contributed by atoms with Crippen LogP contribution in [0.25, 0.3) is 0 Å². The molecule has 0 saturated carbocycles. The van der Waals surface area contributed by atoms with Gasteiger partial charge in [0, 0.05) is 0 Å². The van der Waals surface area contributed by atoms with Gasteiger partial charge in [-0.2, -0.15) is 0 Å². The van der Waals surface area contributed by atoms with Gasteiger partial charge in [-0.3, -0.25) is 0 Å². The van der Waals surface area contributed by atoms with Crippen molar-refractivity contribution in [2.45, 2.75) is 74.1 Å². The molecule has 0 aliphatic rings. The Balaban J connectivity index is -0.000000266. The lowest BCUT2D eigenvalue weighted by molar-refractivity contribution is 0.267. The van der Waals surface area contributed by atoms with Crippen molar-refractivity contribution in [2.24, 2.45) is 11.1 Å². The summed E-state index contributed by atoms with van der Waals surface area (Å²) in [5.41, 5.74) is 6.00. The van der Waals surface area contributed by atoms with Crippen LogP contribution in [-0.2, 0) is 0 Å². The van der Waals surface area contributed by atoms with Gasteiger partial charge in [-0.15, -0.1) is 0 Å². The molecule has 0 unspecified atom stereocenters. The minimum atomic E-state index is 0.555. The Morgan fingerprint density at radius 1 is 0.929 bits per heavy atom. The second-order valence-electron chi connectivity index (χ2n) is 3.41. The van der Waals surface area contributed by atoms with E-state index < -0.39 is 0 Å². The lowest BCUT2D eigenvalue weighted by Gasteiger charge is -2.26. The molecule has 0 aliphatic heterocycles. The standard InChI is InChI=1S/C9H21N.2C2H6/c1-4-9(3,5-2)7-6-8-10;2*1-2/h4-8,10H2,1-3H3;2*1-2H3. The average molecular weight is 203 g/mol. The Labute approximate surface area is 92.5 Å².